The molecule has 0 radical (unpaired) electrons. The second-order valence-electron chi connectivity index (χ2n) is 5.84. The number of ether oxygens (including phenoxy) is 6. The number of methoxy groups -OCH3 is 2. The summed E-state index contributed by atoms with van der Waals surface area (Å²) in [6.45, 7) is 3.82. The first-order chi connectivity index (χ1) is 13.2. The molecule has 156 valence electrons. The van der Waals surface area contributed by atoms with Gasteiger partial charge in [-0.15, -0.1) is 46.2 Å². The van der Waals surface area contributed by atoms with Crippen LogP contribution in [0.15, 0.2) is 8.42 Å². The molecule has 0 aromatic carbocycles. The first kappa shape index (κ1) is 24.0. The minimum Gasteiger partial charge on any atom is -0.382 e. The lowest BCUT2D eigenvalue weighted by molar-refractivity contribution is -0.117. The summed E-state index contributed by atoms with van der Waals surface area (Å²) in [5, 5.41) is 0. The molecular weight excluding hydrogens is 449 g/mol. The van der Waals surface area contributed by atoms with Gasteiger partial charge in [0.05, 0.1) is 48.1 Å². The lowest BCUT2D eigenvalue weighted by Crippen LogP contribution is -2.38. The molecule has 2 heterocycles. The molecular formula is C16H26O6S5. The van der Waals surface area contributed by atoms with Crippen molar-refractivity contribution < 1.29 is 28.4 Å². The van der Waals surface area contributed by atoms with Gasteiger partial charge in [0, 0.05) is 31.1 Å². The zero-order valence-corrected chi connectivity index (χ0v) is 19.6. The molecule has 0 amide bonds. The fraction of sp³-hybridized carbons (Fsp3) is 0.812. The molecule has 1 aliphatic heterocycles. The summed E-state index contributed by atoms with van der Waals surface area (Å²) in [7, 11) is 3.30. The van der Waals surface area contributed by atoms with Crippen LogP contribution in [0.4, 0.5) is 0 Å². The number of rotatable bonds is 14. The zero-order chi connectivity index (χ0) is 19.4. The average Bonchev–Trinajstić information content (AvgIpc) is 2.95. The maximum atomic E-state index is 5.81. The lowest BCUT2D eigenvalue weighted by atomic mass is 9.95. The van der Waals surface area contributed by atoms with Crippen molar-refractivity contribution in [1.82, 2.24) is 0 Å². The molecule has 1 aliphatic rings. The van der Waals surface area contributed by atoms with Crippen molar-refractivity contribution >= 4 is 58.4 Å². The van der Waals surface area contributed by atoms with Gasteiger partial charge in [0.2, 0.25) is 0 Å². The fourth-order valence-electron chi connectivity index (χ4n) is 2.16. The average molecular weight is 475 g/mol. The van der Waals surface area contributed by atoms with E-state index in [0.717, 1.165) is 14.6 Å². The van der Waals surface area contributed by atoms with Crippen molar-refractivity contribution in [3.8, 4) is 0 Å². The van der Waals surface area contributed by atoms with E-state index in [2.05, 4.69) is 0 Å². The van der Waals surface area contributed by atoms with Crippen LogP contribution < -0.4 is 0 Å². The Bertz CT molecular complexity index is 531. The quantitative estimate of drug-likeness (QED) is 0.226. The Morgan fingerprint density at radius 3 is 1.70 bits per heavy atom. The van der Waals surface area contributed by atoms with E-state index in [-0.39, 0.29) is 19.0 Å². The highest BCUT2D eigenvalue weighted by Gasteiger charge is 2.35. The molecule has 0 atom stereocenters. The molecule has 1 aromatic rings. The van der Waals surface area contributed by atoms with E-state index in [4.69, 9.17) is 40.6 Å². The van der Waals surface area contributed by atoms with Crippen molar-refractivity contribution in [3.05, 3.63) is 3.14 Å². The van der Waals surface area contributed by atoms with Gasteiger partial charge >= 0.3 is 0 Å². The van der Waals surface area contributed by atoms with Gasteiger partial charge in [0.1, 0.15) is 16.7 Å². The third-order valence-electron chi connectivity index (χ3n) is 3.55. The van der Waals surface area contributed by atoms with Crippen molar-refractivity contribution in [2.45, 2.75) is 8.42 Å². The molecule has 27 heavy (non-hydrogen) atoms. The van der Waals surface area contributed by atoms with Crippen molar-refractivity contribution in [2.75, 3.05) is 79.0 Å². The molecule has 0 N–H and O–H groups in total. The third-order valence-corrected chi connectivity index (χ3v) is 9.83. The van der Waals surface area contributed by atoms with Crippen LogP contribution in [0, 0.1) is 8.55 Å². The second-order valence-corrected chi connectivity index (χ2v) is 11.6. The van der Waals surface area contributed by atoms with Crippen LogP contribution in [0.2, 0.25) is 0 Å². The van der Waals surface area contributed by atoms with Crippen LogP contribution in [-0.4, -0.2) is 79.0 Å². The molecule has 2 rings (SSSR count). The normalized spacial score (nSPS) is 16.2. The standard InChI is InChI=1S/C16H26O6S5/c1-17-3-5-19-11-21-7-16(8-22-12-20-6-4-18-2)9-24-13-14(25-10-16)27-15(23)26-13/h3-12H2,1-2H3. The summed E-state index contributed by atoms with van der Waals surface area (Å²) in [6.07, 6.45) is 0. The van der Waals surface area contributed by atoms with Crippen LogP contribution in [0.25, 0.3) is 0 Å². The summed E-state index contributed by atoms with van der Waals surface area (Å²) < 4.78 is 36.0. The SMILES string of the molecule is COCCOCOCC1(COCOCCOC)CSc2sc(=S)sc2SC1. The Hall–Kier alpha value is 0.730. The van der Waals surface area contributed by atoms with E-state index in [0.29, 0.717) is 39.6 Å². The molecule has 11 heteroatoms. The minimum absolute atomic E-state index is 0.113. The van der Waals surface area contributed by atoms with Crippen LogP contribution in [0.3, 0.4) is 0 Å². The van der Waals surface area contributed by atoms with E-state index in [1.54, 1.807) is 36.9 Å². The second kappa shape index (κ2) is 13.9. The largest absolute Gasteiger partial charge is 0.382 e. The van der Waals surface area contributed by atoms with Crippen LogP contribution in [0.1, 0.15) is 0 Å². The highest BCUT2D eigenvalue weighted by Crippen LogP contribution is 2.48. The monoisotopic (exact) mass is 474 g/mol. The topological polar surface area (TPSA) is 55.4 Å². The van der Waals surface area contributed by atoms with Gasteiger partial charge < -0.3 is 28.4 Å². The van der Waals surface area contributed by atoms with Gasteiger partial charge in [-0.1, -0.05) is 12.2 Å². The minimum atomic E-state index is -0.113. The van der Waals surface area contributed by atoms with Gasteiger partial charge in [-0.25, -0.2) is 0 Å². The first-order valence-electron chi connectivity index (χ1n) is 8.37. The third kappa shape index (κ3) is 8.95. The predicted molar refractivity (Wildman–Crippen MR) is 114 cm³/mol. The van der Waals surface area contributed by atoms with Crippen molar-refractivity contribution in [1.29, 1.82) is 0 Å². The maximum Gasteiger partial charge on any atom is 0.146 e. The summed E-state index contributed by atoms with van der Waals surface area (Å²) in [5.74, 6) is 1.82. The van der Waals surface area contributed by atoms with E-state index < -0.39 is 0 Å². The molecule has 0 fully saturated rings. The molecule has 0 spiro atoms. The van der Waals surface area contributed by atoms with Gasteiger partial charge in [-0.3, -0.25) is 0 Å². The number of hydrogen-bond donors (Lipinski definition) is 0. The molecule has 0 saturated heterocycles. The summed E-state index contributed by atoms with van der Waals surface area (Å²) in [5.41, 5.74) is -0.113. The number of fused-ring (bicyclic) bond motifs is 1. The lowest BCUT2D eigenvalue weighted by Gasteiger charge is -2.31. The van der Waals surface area contributed by atoms with E-state index in [1.807, 2.05) is 23.5 Å². The van der Waals surface area contributed by atoms with E-state index >= 15 is 0 Å². The fourth-order valence-corrected chi connectivity index (χ4v) is 8.73. The Morgan fingerprint density at radius 2 is 1.26 bits per heavy atom. The Balaban J connectivity index is 1.84. The van der Waals surface area contributed by atoms with Crippen LogP contribution in [0.5, 0.6) is 0 Å². The first-order valence-corrected chi connectivity index (χ1v) is 12.4. The van der Waals surface area contributed by atoms with Gasteiger partial charge in [-0.05, 0) is 0 Å². The van der Waals surface area contributed by atoms with Gasteiger partial charge in [-0.2, -0.15) is 0 Å². The highest BCUT2D eigenvalue weighted by atomic mass is 32.2. The Labute approximate surface area is 182 Å². The van der Waals surface area contributed by atoms with E-state index in [9.17, 15) is 0 Å². The summed E-state index contributed by atoms with van der Waals surface area (Å²) >= 11 is 12.4. The van der Waals surface area contributed by atoms with Gasteiger partial charge in [0.15, 0.2) is 0 Å². The summed E-state index contributed by atoms with van der Waals surface area (Å²) in [6, 6.07) is 0. The smallest absolute Gasteiger partial charge is 0.146 e. The van der Waals surface area contributed by atoms with Crippen molar-refractivity contribution in [2.24, 2.45) is 5.41 Å². The Kier molecular flexibility index (Phi) is 12.3. The van der Waals surface area contributed by atoms with Crippen LogP contribution in [-0.2, 0) is 28.4 Å². The number of hydrogen-bond acceptors (Lipinski definition) is 11. The molecule has 1 aromatic heterocycles. The van der Waals surface area contributed by atoms with Crippen LogP contribution >= 0.6 is 58.4 Å². The maximum absolute atomic E-state index is 5.81. The molecule has 6 nitrogen and oxygen atoms in total. The molecule has 0 saturated carbocycles. The van der Waals surface area contributed by atoms with E-state index in [1.165, 1.54) is 8.42 Å². The zero-order valence-electron chi connectivity index (χ0n) is 15.6. The molecule has 0 unspecified atom stereocenters. The van der Waals surface area contributed by atoms with Gasteiger partial charge in [0.25, 0.3) is 0 Å². The summed E-state index contributed by atoms with van der Waals surface area (Å²) in [4.78, 5) is 0. The van der Waals surface area contributed by atoms with Crippen molar-refractivity contribution in [3.63, 3.8) is 0 Å². The number of thioether (sulfide) groups is 2. The Morgan fingerprint density at radius 1 is 0.778 bits per heavy atom. The predicted octanol–water partition coefficient (Wildman–Crippen LogP) is 4.00. The molecule has 0 aliphatic carbocycles. The molecule has 0 bridgehead atoms. The highest BCUT2D eigenvalue weighted by molar-refractivity contribution is 8.05.